The van der Waals surface area contributed by atoms with E-state index < -0.39 is 0 Å². The second kappa shape index (κ2) is 4.14. The zero-order valence-electron chi connectivity index (χ0n) is 9.69. The van der Waals surface area contributed by atoms with E-state index in [2.05, 4.69) is 28.6 Å². The van der Waals surface area contributed by atoms with Crippen LogP contribution in [-0.4, -0.2) is 17.9 Å². The third-order valence-corrected chi connectivity index (χ3v) is 4.25. The van der Waals surface area contributed by atoms with Gasteiger partial charge in [0.2, 0.25) is 0 Å². The number of carbonyl (C=O) groups excluding carboxylic acids is 1. The van der Waals surface area contributed by atoms with Gasteiger partial charge >= 0.3 is 0 Å². The number of thiophene rings is 1. The fourth-order valence-electron chi connectivity index (χ4n) is 1.82. The molecule has 4 nitrogen and oxygen atoms in total. The molecule has 3 rings (SSSR count). The monoisotopic (exact) mass is 249 g/mol. The molecule has 2 aliphatic rings. The maximum atomic E-state index is 11.8. The minimum atomic E-state index is -0.346. The number of carbonyl (C=O) groups is 1. The standard InChI is InChI=1S/C12H15N3OS/c1-2-8-5-6-9(17-8)10-11(16)15-12(14-10)13-7-3-4-7/h5-7,10H,2-4H2,1H3,(H2,13,14,15,16). The number of nitrogens with one attached hydrogen (secondary N) is 2. The Morgan fingerprint density at radius 2 is 2.35 bits per heavy atom. The molecule has 0 radical (unpaired) electrons. The molecule has 90 valence electrons. The van der Waals surface area contributed by atoms with Crippen molar-refractivity contribution in [2.75, 3.05) is 0 Å². The third kappa shape index (κ3) is 2.20. The van der Waals surface area contributed by atoms with Crippen LogP contribution in [0.3, 0.4) is 0 Å². The number of rotatable bonds is 3. The number of amides is 1. The first kappa shape index (κ1) is 10.8. The van der Waals surface area contributed by atoms with Crippen LogP contribution in [0.5, 0.6) is 0 Å². The van der Waals surface area contributed by atoms with Gasteiger partial charge in [0, 0.05) is 15.8 Å². The molecule has 1 saturated carbocycles. The van der Waals surface area contributed by atoms with E-state index in [1.54, 1.807) is 11.3 Å². The SMILES string of the molecule is CCc1ccc(C2N=C(NC3CC3)NC2=O)s1. The zero-order chi connectivity index (χ0) is 11.8. The number of hydrogen-bond donors (Lipinski definition) is 2. The van der Waals surface area contributed by atoms with E-state index >= 15 is 0 Å². The normalized spacial score (nSPS) is 23.5. The first-order chi connectivity index (χ1) is 8.26. The number of hydrogen-bond acceptors (Lipinski definition) is 4. The molecule has 17 heavy (non-hydrogen) atoms. The molecule has 0 spiro atoms. The molecule has 5 heteroatoms. The summed E-state index contributed by atoms with van der Waals surface area (Å²) < 4.78 is 0. The highest BCUT2D eigenvalue weighted by Gasteiger charge is 2.31. The van der Waals surface area contributed by atoms with E-state index in [9.17, 15) is 4.79 Å². The van der Waals surface area contributed by atoms with Crippen molar-refractivity contribution in [2.24, 2.45) is 4.99 Å². The van der Waals surface area contributed by atoms with Crippen molar-refractivity contribution in [2.45, 2.75) is 38.3 Å². The molecule has 2 heterocycles. The Hall–Kier alpha value is -1.36. The Bertz CT molecular complexity index is 476. The minimum absolute atomic E-state index is 0.0161. The van der Waals surface area contributed by atoms with Gasteiger partial charge in [-0.3, -0.25) is 10.1 Å². The Balaban J connectivity index is 1.77. The van der Waals surface area contributed by atoms with Gasteiger partial charge in [-0.2, -0.15) is 0 Å². The highest BCUT2D eigenvalue weighted by molar-refractivity contribution is 7.12. The van der Waals surface area contributed by atoms with Crippen LogP contribution >= 0.6 is 11.3 Å². The summed E-state index contributed by atoms with van der Waals surface area (Å²) in [6.45, 7) is 2.12. The van der Waals surface area contributed by atoms with Crippen LogP contribution in [-0.2, 0) is 11.2 Å². The van der Waals surface area contributed by atoms with Gasteiger partial charge in [-0.1, -0.05) is 6.92 Å². The summed E-state index contributed by atoms with van der Waals surface area (Å²) in [5.74, 6) is 0.631. The highest BCUT2D eigenvalue weighted by atomic mass is 32.1. The van der Waals surface area contributed by atoms with Crippen LogP contribution in [0.25, 0.3) is 0 Å². The quantitative estimate of drug-likeness (QED) is 0.854. The molecule has 1 unspecified atom stereocenters. The summed E-state index contributed by atoms with van der Waals surface area (Å²) in [6, 6.07) is 4.26. The smallest absolute Gasteiger partial charge is 0.257 e. The zero-order valence-corrected chi connectivity index (χ0v) is 10.5. The summed E-state index contributed by atoms with van der Waals surface area (Å²) in [7, 11) is 0. The van der Waals surface area contributed by atoms with E-state index in [-0.39, 0.29) is 11.9 Å². The van der Waals surface area contributed by atoms with Crippen LogP contribution in [0.4, 0.5) is 0 Å². The summed E-state index contributed by atoms with van der Waals surface area (Å²) >= 11 is 1.67. The molecule has 1 atom stereocenters. The summed E-state index contributed by atoms with van der Waals surface area (Å²) in [6.07, 6.45) is 3.37. The van der Waals surface area contributed by atoms with E-state index in [4.69, 9.17) is 0 Å². The van der Waals surface area contributed by atoms with Crippen molar-refractivity contribution in [3.63, 3.8) is 0 Å². The summed E-state index contributed by atoms with van der Waals surface area (Å²) in [5, 5.41) is 6.03. The van der Waals surface area contributed by atoms with Gasteiger partial charge in [-0.15, -0.1) is 11.3 Å². The Kier molecular flexibility index (Phi) is 2.63. The number of aliphatic imine (C=N–C) groups is 1. The molecule has 1 amide bonds. The van der Waals surface area contributed by atoms with E-state index in [0.29, 0.717) is 12.0 Å². The van der Waals surface area contributed by atoms with E-state index in [1.165, 1.54) is 17.7 Å². The van der Waals surface area contributed by atoms with Crippen molar-refractivity contribution in [3.05, 3.63) is 21.9 Å². The van der Waals surface area contributed by atoms with Crippen LogP contribution in [0, 0.1) is 0 Å². The van der Waals surface area contributed by atoms with Crippen molar-refractivity contribution in [3.8, 4) is 0 Å². The lowest BCUT2D eigenvalue weighted by Crippen LogP contribution is -2.37. The van der Waals surface area contributed by atoms with Gasteiger partial charge in [0.05, 0.1) is 0 Å². The van der Waals surface area contributed by atoms with Crippen LogP contribution in [0.1, 0.15) is 35.6 Å². The second-order valence-corrected chi connectivity index (χ2v) is 5.65. The molecule has 1 aromatic rings. The van der Waals surface area contributed by atoms with Gasteiger partial charge in [0.25, 0.3) is 5.91 Å². The molecular weight excluding hydrogens is 234 g/mol. The summed E-state index contributed by atoms with van der Waals surface area (Å²) in [4.78, 5) is 18.6. The van der Waals surface area contributed by atoms with Crippen molar-refractivity contribution >= 4 is 23.2 Å². The fraction of sp³-hybridized carbons (Fsp3) is 0.500. The van der Waals surface area contributed by atoms with Crippen molar-refractivity contribution < 1.29 is 4.79 Å². The average Bonchev–Trinajstić information content (AvgIpc) is 2.88. The third-order valence-electron chi connectivity index (χ3n) is 2.97. The minimum Gasteiger partial charge on any atom is -0.353 e. The van der Waals surface area contributed by atoms with Gasteiger partial charge in [-0.05, 0) is 31.4 Å². The van der Waals surface area contributed by atoms with E-state index in [1.807, 2.05) is 6.07 Å². The Labute approximate surface area is 104 Å². The van der Waals surface area contributed by atoms with Crippen molar-refractivity contribution in [1.82, 2.24) is 10.6 Å². The highest BCUT2D eigenvalue weighted by Crippen LogP contribution is 2.29. The number of guanidine groups is 1. The lowest BCUT2D eigenvalue weighted by atomic mass is 10.2. The molecule has 0 bridgehead atoms. The summed E-state index contributed by atoms with van der Waals surface area (Å²) in [5.41, 5.74) is 0. The maximum absolute atomic E-state index is 11.8. The van der Waals surface area contributed by atoms with Gasteiger partial charge in [0.1, 0.15) is 0 Å². The maximum Gasteiger partial charge on any atom is 0.257 e. The van der Waals surface area contributed by atoms with Gasteiger partial charge in [-0.25, -0.2) is 4.99 Å². The van der Waals surface area contributed by atoms with Crippen LogP contribution < -0.4 is 10.6 Å². The lowest BCUT2D eigenvalue weighted by molar-refractivity contribution is -0.120. The average molecular weight is 249 g/mol. The molecule has 0 aromatic carbocycles. The number of aryl methyl sites for hydroxylation is 1. The Morgan fingerprint density at radius 3 is 3.00 bits per heavy atom. The molecule has 1 fully saturated rings. The molecular formula is C12H15N3OS. The topological polar surface area (TPSA) is 53.5 Å². The lowest BCUT2D eigenvalue weighted by Gasteiger charge is -2.01. The molecule has 0 saturated heterocycles. The second-order valence-electron chi connectivity index (χ2n) is 4.45. The number of nitrogens with zero attached hydrogens (tertiary/aromatic N) is 1. The Morgan fingerprint density at radius 1 is 1.53 bits per heavy atom. The van der Waals surface area contributed by atoms with Crippen LogP contribution in [0.15, 0.2) is 17.1 Å². The fourth-order valence-corrected chi connectivity index (χ4v) is 2.81. The van der Waals surface area contributed by atoms with E-state index in [0.717, 1.165) is 11.3 Å². The predicted octanol–water partition coefficient (Wildman–Crippen LogP) is 1.59. The largest absolute Gasteiger partial charge is 0.353 e. The first-order valence-electron chi connectivity index (χ1n) is 6.00. The molecule has 1 aromatic heterocycles. The van der Waals surface area contributed by atoms with Gasteiger partial charge in [0.15, 0.2) is 12.0 Å². The predicted molar refractivity (Wildman–Crippen MR) is 68.2 cm³/mol. The molecule has 1 aliphatic heterocycles. The van der Waals surface area contributed by atoms with Crippen LogP contribution in [0.2, 0.25) is 0 Å². The van der Waals surface area contributed by atoms with Crippen molar-refractivity contribution in [1.29, 1.82) is 0 Å². The van der Waals surface area contributed by atoms with Gasteiger partial charge < -0.3 is 5.32 Å². The molecule has 2 N–H and O–H groups in total. The molecule has 1 aliphatic carbocycles. The first-order valence-corrected chi connectivity index (χ1v) is 6.81.